The molecule has 4 nitrogen and oxygen atoms in total. The molecule has 1 atom stereocenters. The van der Waals surface area contributed by atoms with E-state index in [0.29, 0.717) is 12.6 Å². The van der Waals surface area contributed by atoms with E-state index in [2.05, 4.69) is 10.2 Å². The van der Waals surface area contributed by atoms with Crippen molar-refractivity contribution in [2.24, 2.45) is 0 Å². The minimum atomic E-state index is -0.420. The van der Waals surface area contributed by atoms with Gasteiger partial charge in [-0.25, -0.2) is 4.39 Å². The van der Waals surface area contributed by atoms with E-state index < -0.39 is 5.82 Å². The number of rotatable bonds is 2. The van der Waals surface area contributed by atoms with Gasteiger partial charge in [-0.15, -0.1) is 12.4 Å². The number of benzene rings is 1. The van der Waals surface area contributed by atoms with Crippen LogP contribution in [0.5, 0.6) is 0 Å². The minimum Gasteiger partial charge on any atom is -0.337 e. The van der Waals surface area contributed by atoms with E-state index in [0.717, 1.165) is 44.7 Å². The molecule has 0 saturated carbocycles. The Morgan fingerprint density at radius 2 is 2.00 bits per heavy atom. The van der Waals surface area contributed by atoms with Crippen molar-refractivity contribution in [3.8, 4) is 0 Å². The molecule has 2 fully saturated rings. The van der Waals surface area contributed by atoms with Crippen molar-refractivity contribution in [2.75, 3.05) is 39.3 Å². The Kier molecular flexibility index (Phi) is 5.78. The molecule has 2 heterocycles. The number of amides is 1. The molecule has 22 heavy (non-hydrogen) atoms. The van der Waals surface area contributed by atoms with Gasteiger partial charge < -0.3 is 10.2 Å². The second-order valence-electron chi connectivity index (χ2n) is 5.96. The van der Waals surface area contributed by atoms with Gasteiger partial charge in [0, 0.05) is 45.3 Å². The number of likely N-dealkylation sites (tertiary alicyclic amines) is 1. The van der Waals surface area contributed by atoms with Crippen molar-refractivity contribution in [2.45, 2.75) is 19.4 Å². The lowest BCUT2D eigenvalue weighted by molar-refractivity contribution is 0.0769. The van der Waals surface area contributed by atoms with Gasteiger partial charge >= 0.3 is 0 Å². The first-order valence-electron chi connectivity index (χ1n) is 7.65. The van der Waals surface area contributed by atoms with Crippen molar-refractivity contribution in [1.29, 1.82) is 0 Å². The first kappa shape index (κ1) is 17.2. The Morgan fingerprint density at radius 3 is 2.73 bits per heavy atom. The lowest BCUT2D eigenvalue weighted by Gasteiger charge is -2.32. The Balaban J connectivity index is 0.00000176. The first-order chi connectivity index (χ1) is 10.1. The molecule has 122 valence electrons. The summed E-state index contributed by atoms with van der Waals surface area (Å²) in [6, 6.07) is 5.14. The highest BCUT2D eigenvalue weighted by Gasteiger charge is 2.32. The molecule has 0 aliphatic carbocycles. The van der Waals surface area contributed by atoms with Crippen molar-refractivity contribution in [1.82, 2.24) is 15.1 Å². The molecule has 0 aromatic heterocycles. The fourth-order valence-electron chi connectivity index (χ4n) is 3.24. The molecule has 1 N–H and O–H groups in total. The number of hydrogen-bond acceptors (Lipinski definition) is 3. The lowest BCUT2D eigenvalue weighted by Crippen LogP contribution is -2.49. The topological polar surface area (TPSA) is 35.6 Å². The van der Waals surface area contributed by atoms with Gasteiger partial charge in [-0.2, -0.15) is 0 Å². The second-order valence-corrected chi connectivity index (χ2v) is 5.96. The number of halogens is 2. The molecule has 0 spiro atoms. The average Bonchev–Trinajstić information content (AvgIpc) is 3.00. The molecule has 1 aromatic carbocycles. The summed E-state index contributed by atoms with van der Waals surface area (Å²) < 4.78 is 13.9. The molecule has 2 aliphatic rings. The van der Waals surface area contributed by atoms with Crippen LogP contribution in [0, 0.1) is 12.7 Å². The highest BCUT2D eigenvalue weighted by atomic mass is 35.5. The van der Waals surface area contributed by atoms with Gasteiger partial charge in [0.2, 0.25) is 0 Å². The maximum Gasteiger partial charge on any atom is 0.256 e. The molecule has 3 rings (SSSR count). The van der Waals surface area contributed by atoms with E-state index >= 15 is 0 Å². The lowest BCUT2D eigenvalue weighted by atomic mass is 10.1. The zero-order valence-corrected chi connectivity index (χ0v) is 13.7. The van der Waals surface area contributed by atoms with E-state index in [1.165, 1.54) is 6.07 Å². The smallest absolute Gasteiger partial charge is 0.256 e. The monoisotopic (exact) mass is 327 g/mol. The van der Waals surface area contributed by atoms with Crippen molar-refractivity contribution < 1.29 is 9.18 Å². The van der Waals surface area contributed by atoms with Crippen LogP contribution in [-0.4, -0.2) is 61.0 Å². The molecule has 2 aliphatic heterocycles. The van der Waals surface area contributed by atoms with Crippen molar-refractivity contribution >= 4 is 18.3 Å². The van der Waals surface area contributed by atoms with Gasteiger partial charge in [0.15, 0.2) is 0 Å². The summed E-state index contributed by atoms with van der Waals surface area (Å²) in [4.78, 5) is 16.7. The van der Waals surface area contributed by atoms with Gasteiger partial charge in [0.25, 0.3) is 5.91 Å². The average molecular weight is 328 g/mol. The van der Waals surface area contributed by atoms with Gasteiger partial charge in [-0.3, -0.25) is 9.69 Å². The van der Waals surface area contributed by atoms with Crippen molar-refractivity contribution in [3.05, 3.63) is 35.1 Å². The molecule has 1 aromatic rings. The summed E-state index contributed by atoms with van der Waals surface area (Å²) in [6.07, 6.45) is 0.985. The second kappa shape index (κ2) is 7.40. The van der Waals surface area contributed by atoms with Crippen LogP contribution in [0.15, 0.2) is 18.2 Å². The molecule has 0 bridgehead atoms. The van der Waals surface area contributed by atoms with E-state index in [9.17, 15) is 9.18 Å². The molecular weight excluding hydrogens is 305 g/mol. The van der Waals surface area contributed by atoms with E-state index in [4.69, 9.17) is 0 Å². The minimum absolute atomic E-state index is 0. The fourth-order valence-corrected chi connectivity index (χ4v) is 3.24. The van der Waals surface area contributed by atoms with Crippen molar-refractivity contribution in [3.63, 3.8) is 0 Å². The predicted octanol–water partition coefficient (Wildman–Crippen LogP) is 1.68. The summed E-state index contributed by atoms with van der Waals surface area (Å²) in [5.41, 5.74) is 1.12. The number of aryl methyl sites for hydroxylation is 1. The third kappa shape index (κ3) is 3.59. The van der Waals surface area contributed by atoms with Crippen LogP contribution in [0.2, 0.25) is 0 Å². The Bertz CT molecular complexity index is 534. The van der Waals surface area contributed by atoms with Crippen LogP contribution in [0.25, 0.3) is 0 Å². The quantitative estimate of drug-likeness (QED) is 0.897. The van der Waals surface area contributed by atoms with Gasteiger partial charge in [-0.1, -0.05) is 11.6 Å². The number of nitrogens with one attached hydrogen (secondary N) is 1. The Hall–Kier alpha value is -1.17. The number of carbonyl (C=O) groups excluding carboxylic acids is 1. The Labute approximate surface area is 137 Å². The highest BCUT2D eigenvalue weighted by Crippen LogP contribution is 2.20. The van der Waals surface area contributed by atoms with Gasteiger partial charge in [0.1, 0.15) is 5.82 Å². The molecule has 0 radical (unpaired) electrons. The highest BCUT2D eigenvalue weighted by molar-refractivity contribution is 5.94. The molecule has 1 unspecified atom stereocenters. The van der Waals surface area contributed by atoms with Crippen LogP contribution >= 0.6 is 12.4 Å². The molecule has 6 heteroatoms. The van der Waals surface area contributed by atoms with Crippen LogP contribution in [0.1, 0.15) is 22.3 Å². The summed E-state index contributed by atoms with van der Waals surface area (Å²) in [6.45, 7) is 7.40. The van der Waals surface area contributed by atoms with Gasteiger partial charge in [-0.05, 0) is 25.5 Å². The predicted molar refractivity (Wildman–Crippen MR) is 87.1 cm³/mol. The first-order valence-corrected chi connectivity index (χ1v) is 7.65. The third-order valence-electron chi connectivity index (χ3n) is 4.47. The molecular formula is C16H23ClFN3O. The number of nitrogens with zero attached hydrogens (tertiary/aromatic N) is 2. The number of carbonyl (C=O) groups is 1. The zero-order chi connectivity index (χ0) is 14.8. The standard InChI is InChI=1S/C16H22FN3O.ClH/c1-12-2-3-15(17)14(10-12)16(21)20-7-4-13(11-20)19-8-5-18-6-9-19;/h2-3,10,13,18H,4-9,11H2,1H3;1H. The third-order valence-corrected chi connectivity index (χ3v) is 4.47. The SMILES string of the molecule is Cc1ccc(F)c(C(=O)N2CCC(N3CCNCC3)C2)c1.Cl. The fraction of sp³-hybridized carbons (Fsp3) is 0.562. The van der Waals surface area contributed by atoms with Crippen LogP contribution in [-0.2, 0) is 0 Å². The summed E-state index contributed by atoms with van der Waals surface area (Å²) in [5, 5.41) is 3.34. The number of hydrogen-bond donors (Lipinski definition) is 1. The Morgan fingerprint density at radius 1 is 1.27 bits per heavy atom. The van der Waals surface area contributed by atoms with E-state index in [-0.39, 0.29) is 23.9 Å². The van der Waals surface area contributed by atoms with E-state index in [1.54, 1.807) is 17.0 Å². The maximum atomic E-state index is 13.9. The normalized spacial score (nSPS) is 22.5. The molecule has 1 amide bonds. The van der Waals surface area contributed by atoms with Crippen LogP contribution in [0.3, 0.4) is 0 Å². The summed E-state index contributed by atoms with van der Waals surface area (Å²) in [7, 11) is 0. The summed E-state index contributed by atoms with van der Waals surface area (Å²) >= 11 is 0. The summed E-state index contributed by atoms with van der Waals surface area (Å²) in [5.74, 6) is -0.593. The van der Waals surface area contributed by atoms with E-state index in [1.807, 2.05) is 6.92 Å². The maximum absolute atomic E-state index is 13.9. The van der Waals surface area contributed by atoms with Gasteiger partial charge in [0.05, 0.1) is 5.56 Å². The molecule has 2 saturated heterocycles. The number of piperazine rings is 1. The zero-order valence-electron chi connectivity index (χ0n) is 12.8. The largest absolute Gasteiger partial charge is 0.337 e. The van der Waals surface area contributed by atoms with Crippen LogP contribution in [0.4, 0.5) is 4.39 Å². The van der Waals surface area contributed by atoms with Crippen LogP contribution < -0.4 is 5.32 Å².